The number of phenolic OH excluding ortho intramolecular Hbond substituents is 1. The molecule has 0 radical (unpaired) electrons. The summed E-state index contributed by atoms with van der Waals surface area (Å²) in [4.78, 5) is 25.3. The summed E-state index contributed by atoms with van der Waals surface area (Å²) in [6, 6.07) is 8.58. The molecule has 0 fully saturated rings. The standard InChI is InChI=1S/C22H21ClFNO4/c1-4-11(2)19(22(28)29)20-12(3)25(17-10-16(24)18(26)9-15(17)20)21(27)13-6-5-7-14(23)8-13/h5-11,19,26H,4H2,1-3H3,(H,28,29)/t11-,19?/m1/s1. The zero-order valence-electron chi connectivity index (χ0n) is 16.2. The maximum Gasteiger partial charge on any atom is 0.311 e. The topological polar surface area (TPSA) is 79.5 Å². The molecule has 0 aliphatic carbocycles. The molecule has 3 aromatic rings. The number of aromatic hydroxyl groups is 1. The van der Waals surface area contributed by atoms with Gasteiger partial charge in [-0.3, -0.25) is 14.2 Å². The first-order valence-electron chi connectivity index (χ1n) is 9.23. The Bertz CT molecular complexity index is 1120. The van der Waals surface area contributed by atoms with E-state index in [-0.39, 0.29) is 17.0 Å². The smallest absolute Gasteiger partial charge is 0.311 e. The second-order valence-corrected chi connectivity index (χ2v) is 7.61. The molecule has 152 valence electrons. The molecule has 0 spiro atoms. The number of fused-ring (bicyclic) bond motifs is 1. The molecular formula is C22H21ClFNO4. The number of carboxylic acids is 1. The third-order valence-electron chi connectivity index (χ3n) is 5.39. The van der Waals surface area contributed by atoms with Crippen molar-refractivity contribution < 1.29 is 24.2 Å². The summed E-state index contributed by atoms with van der Waals surface area (Å²) < 4.78 is 15.5. The molecule has 3 rings (SSSR count). The van der Waals surface area contributed by atoms with Crippen LogP contribution in [0, 0.1) is 18.7 Å². The van der Waals surface area contributed by atoms with Crippen molar-refractivity contribution in [2.45, 2.75) is 33.1 Å². The summed E-state index contributed by atoms with van der Waals surface area (Å²) >= 11 is 6.01. The van der Waals surface area contributed by atoms with Crippen LogP contribution < -0.4 is 0 Å². The number of carbonyl (C=O) groups is 2. The van der Waals surface area contributed by atoms with Crippen molar-refractivity contribution in [3.05, 3.63) is 64.1 Å². The molecule has 0 bridgehead atoms. The third-order valence-corrected chi connectivity index (χ3v) is 5.62. The summed E-state index contributed by atoms with van der Waals surface area (Å²) in [5, 5.41) is 20.5. The number of phenols is 1. The summed E-state index contributed by atoms with van der Waals surface area (Å²) in [5.74, 6) is -4.14. The van der Waals surface area contributed by atoms with Crippen LogP contribution in [0.15, 0.2) is 36.4 Å². The number of carbonyl (C=O) groups excluding carboxylic acids is 1. The lowest BCUT2D eigenvalue weighted by atomic mass is 9.84. The zero-order chi connectivity index (χ0) is 21.5. The molecule has 2 N–H and O–H groups in total. The van der Waals surface area contributed by atoms with Crippen LogP contribution in [0.5, 0.6) is 5.75 Å². The lowest BCUT2D eigenvalue weighted by molar-refractivity contribution is -0.140. The fraction of sp³-hybridized carbons (Fsp3) is 0.273. The number of benzene rings is 2. The van der Waals surface area contributed by atoms with Gasteiger partial charge in [0.25, 0.3) is 5.91 Å². The van der Waals surface area contributed by atoms with Crippen molar-refractivity contribution in [1.29, 1.82) is 0 Å². The van der Waals surface area contributed by atoms with E-state index in [1.54, 1.807) is 25.1 Å². The molecule has 0 saturated heterocycles. The van der Waals surface area contributed by atoms with Gasteiger partial charge >= 0.3 is 5.97 Å². The van der Waals surface area contributed by atoms with E-state index >= 15 is 0 Å². The second-order valence-electron chi connectivity index (χ2n) is 7.17. The maximum absolute atomic E-state index is 14.2. The van der Waals surface area contributed by atoms with Gasteiger partial charge in [-0.1, -0.05) is 37.9 Å². The summed E-state index contributed by atoms with van der Waals surface area (Å²) in [6.45, 7) is 5.32. The lowest BCUT2D eigenvalue weighted by Crippen LogP contribution is -2.21. The first-order chi connectivity index (χ1) is 13.7. The van der Waals surface area contributed by atoms with Gasteiger partial charge in [-0.15, -0.1) is 0 Å². The number of carboxylic acid groups (broad SMARTS) is 1. The van der Waals surface area contributed by atoms with Crippen LogP contribution >= 0.6 is 11.6 Å². The molecule has 1 heterocycles. The Kier molecular flexibility index (Phi) is 5.66. The molecular weight excluding hydrogens is 397 g/mol. The van der Waals surface area contributed by atoms with Crippen LogP contribution in [0.1, 0.15) is 47.8 Å². The van der Waals surface area contributed by atoms with Gasteiger partial charge in [0.05, 0.1) is 11.4 Å². The Labute approximate surface area is 172 Å². The van der Waals surface area contributed by atoms with Crippen molar-refractivity contribution in [1.82, 2.24) is 4.57 Å². The summed E-state index contributed by atoms with van der Waals surface area (Å²) in [5.41, 5.74) is 1.27. The van der Waals surface area contributed by atoms with Crippen LogP contribution in [-0.2, 0) is 4.79 Å². The molecule has 1 unspecified atom stereocenters. The Hall–Kier alpha value is -2.86. The van der Waals surface area contributed by atoms with Gasteiger partial charge in [0, 0.05) is 27.7 Å². The molecule has 7 heteroatoms. The van der Waals surface area contributed by atoms with E-state index in [1.807, 2.05) is 13.8 Å². The Morgan fingerprint density at radius 2 is 1.93 bits per heavy atom. The minimum Gasteiger partial charge on any atom is -0.505 e. The number of rotatable bonds is 5. The van der Waals surface area contributed by atoms with Crippen LogP contribution in [0.2, 0.25) is 5.02 Å². The highest BCUT2D eigenvalue weighted by molar-refractivity contribution is 6.31. The van der Waals surface area contributed by atoms with E-state index in [2.05, 4.69) is 0 Å². The highest BCUT2D eigenvalue weighted by Gasteiger charge is 2.33. The van der Waals surface area contributed by atoms with Gasteiger partial charge < -0.3 is 10.2 Å². The number of aromatic nitrogens is 1. The second kappa shape index (κ2) is 7.87. The average molecular weight is 418 g/mol. The van der Waals surface area contributed by atoms with Gasteiger partial charge in [0.15, 0.2) is 11.6 Å². The van der Waals surface area contributed by atoms with Crippen molar-refractivity contribution in [2.75, 3.05) is 0 Å². The van der Waals surface area contributed by atoms with Crippen molar-refractivity contribution in [3.63, 3.8) is 0 Å². The number of hydrogen-bond donors (Lipinski definition) is 2. The number of aliphatic carboxylic acids is 1. The van der Waals surface area contributed by atoms with E-state index < -0.39 is 29.4 Å². The molecule has 0 amide bonds. The summed E-state index contributed by atoms with van der Waals surface area (Å²) in [6.07, 6.45) is 0.596. The fourth-order valence-electron chi connectivity index (χ4n) is 3.74. The molecule has 1 aromatic heterocycles. The molecule has 5 nitrogen and oxygen atoms in total. The highest BCUT2D eigenvalue weighted by atomic mass is 35.5. The number of nitrogens with zero attached hydrogens (tertiary/aromatic N) is 1. The van der Waals surface area contributed by atoms with E-state index in [0.29, 0.717) is 28.1 Å². The Morgan fingerprint density at radius 3 is 2.52 bits per heavy atom. The van der Waals surface area contributed by atoms with Gasteiger partial charge in [-0.25, -0.2) is 4.39 Å². The molecule has 2 aromatic carbocycles. The molecule has 0 aliphatic heterocycles. The maximum atomic E-state index is 14.2. The fourth-order valence-corrected chi connectivity index (χ4v) is 3.93. The van der Waals surface area contributed by atoms with Crippen LogP contribution in [-0.4, -0.2) is 26.7 Å². The lowest BCUT2D eigenvalue weighted by Gasteiger charge is -2.20. The number of hydrogen-bond acceptors (Lipinski definition) is 3. The van der Waals surface area contributed by atoms with Crippen LogP contribution in [0.25, 0.3) is 10.9 Å². The monoisotopic (exact) mass is 417 g/mol. The van der Waals surface area contributed by atoms with E-state index in [0.717, 1.165) is 6.07 Å². The largest absolute Gasteiger partial charge is 0.505 e. The van der Waals surface area contributed by atoms with E-state index in [4.69, 9.17) is 11.6 Å². The van der Waals surface area contributed by atoms with Gasteiger partial charge in [0.2, 0.25) is 0 Å². The Balaban J connectivity index is 2.37. The van der Waals surface area contributed by atoms with Gasteiger partial charge in [-0.2, -0.15) is 0 Å². The minimum absolute atomic E-state index is 0.201. The van der Waals surface area contributed by atoms with E-state index in [9.17, 15) is 24.2 Å². The van der Waals surface area contributed by atoms with Gasteiger partial charge in [-0.05, 0) is 42.7 Å². The predicted octanol–water partition coefficient (Wildman–Crippen LogP) is 5.35. The highest BCUT2D eigenvalue weighted by Crippen LogP contribution is 2.39. The van der Waals surface area contributed by atoms with Crippen molar-refractivity contribution in [2.24, 2.45) is 5.92 Å². The minimum atomic E-state index is -1.04. The van der Waals surface area contributed by atoms with E-state index in [1.165, 1.54) is 16.7 Å². The average Bonchev–Trinajstić information content (AvgIpc) is 2.93. The Morgan fingerprint density at radius 1 is 1.24 bits per heavy atom. The first kappa shape index (κ1) is 20.9. The normalized spacial score (nSPS) is 13.4. The predicted molar refractivity (Wildman–Crippen MR) is 109 cm³/mol. The van der Waals surface area contributed by atoms with Crippen molar-refractivity contribution in [3.8, 4) is 5.75 Å². The van der Waals surface area contributed by atoms with Crippen molar-refractivity contribution >= 4 is 34.4 Å². The zero-order valence-corrected chi connectivity index (χ0v) is 17.0. The van der Waals surface area contributed by atoms with Gasteiger partial charge in [0.1, 0.15) is 0 Å². The molecule has 0 aliphatic rings. The third kappa shape index (κ3) is 3.60. The van der Waals surface area contributed by atoms with Crippen LogP contribution in [0.4, 0.5) is 4.39 Å². The SMILES string of the molecule is CC[C@@H](C)C(C(=O)O)c1c(C)n(C(=O)c2cccc(Cl)c2)c2cc(F)c(O)cc12. The number of halogens is 2. The quantitative estimate of drug-likeness (QED) is 0.586. The molecule has 29 heavy (non-hydrogen) atoms. The van der Waals surface area contributed by atoms with Crippen LogP contribution in [0.3, 0.4) is 0 Å². The first-order valence-corrected chi connectivity index (χ1v) is 9.61. The summed E-state index contributed by atoms with van der Waals surface area (Å²) in [7, 11) is 0. The molecule has 0 saturated carbocycles. The molecule has 2 atom stereocenters.